The molecule has 1 heterocycles. The maximum Gasteiger partial charge on any atom is 0.150 e. The number of halogens is 4. The number of nitrogens with zero attached hydrogens (tertiary/aromatic N) is 2. The molecule has 6 heteroatoms. The predicted molar refractivity (Wildman–Crippen MR) is 80.4 cm³/mol. The third-order valence-corrected chi connectivity index (χ3v) is 3.59. The molecule has 0 saturated heterocycles. The van der Waals surface area contributed by atoms with E-state index in [1.807, 2.05) is 0 Å². The second-order valence-electron chi connectivity index (χ2n) is 4.51. The van der Waals surface area contributed by atoms with Gasteiger partial charge in [0.2, 0.25) is 0 Å². The Bertz CT molecular complexity index is 795. The average molecular weight is 327 g/mol. The normalized spacial score (nSPS) is 11.2. The minimum absolute atomic E-state index is 0.151. The molecular weight excluding hydrogens is 317 g/mol. The van der Waals surface area contributed by atoms with Gasteiger partial charge in [0.05, 0.1) is 11.0 Å². The van der Waals surface area contributed by atoms with Crippen LogP contribution in [0.15, 0.2) is 36.4 Å². The lowest BCUT2D eigenvalue weighted by Crippen LogP contribution is -2.06. The van der Waals surface area contributed by atoms with Crippen LogP contribution in [0.2, 0.25) is 5.02 Å². The average Bonchev–Trinajstić information content (AvgIpc) is 2.77. The summed E-state index contributed by atoms with van der Waals surface area (Å²) in [5, 5.41) is 0.513. The number of rotatable bonds is 3. The van der Waals surface area contributed by atoms with Crippen LogP contribution in [-0.4, -0.2) is 15.4 Å². The standard InChI is InChI=1S/C15H10Cl2F2N2/c16-7-6-14-20-12-8-9(17)4-5-13(12)21(14)15-10(18)2-1-3-11(15)19/h1-5,8H,6-7H2. The summed E-state index contributed by atoms with van der Waals surface area (Å²) in [5.74, 6) is -0.515. The topological polar surface area (TPSA) is 17.8 Å². The second-order valence-corrected chi connectivity index (χ2v) is 5.32. The van der Waals surface area contributed by atoms with E-state index in [0.717, 1.165) is 0 Å². The first-order valence-corrected chi connectivity index (χ1v) is 7.20. The van der Waals surface area contributed by atoms with Crippen molar-refractivity contribution >= 4 is 34.2 Å². The minimum Gasteiger partial charge on any atom is -0.291 e. The number of para-hydroxylation sites is 1. The molecule has 0 radical (unpaired) electrons. The van der Waals surface area contributed by atoms with Crippen molar-refractivity contribution in [1.82, 2.24) is 9.55 Å². The van der Waals surface area contributed by atoms with Gasteiger partial charge in [0.25, 0.3) is 0 Å². The van der Waals surface area contributed by atoms with Crippen LogP contribution in [0.4, 0.5) is 8.78 Å². The maximum absolute atomic E-state index is 14.1. The summed E-state index contributed by atoms with van der Waals surface area (Å²) in [6, 6.07) is 8.75. The van der Waals surface area contributed by atoms with Crippen LogP contribution < -0.4 is 0 Å². The van der Waals surface area contributed by atoms with Crippen LogP contribution in [0.1, 0.15) is 5.82 Å². The van der Waals surface area contributed by atoms with Crippen LogP contribution >= 0.6 is 23.2 Å². The van der Waals surface area contributed by atoms with Gasteiger partial charge in [-0.15, -0.1) is 11.6 Å². The number of imidazole rings is 1. The first kappa shape index (κ1) is 14.3. The first-order valence-electron chi connectivity index (χ1n) is 6.29. The van der Waals surface area contributed by atoms with E-state index in [9.17, 15) is 8.78 Å². The number of fused-ring (bicyclic) bond motifs is 1. The molecule has 3 aromatic rings. The zero-order chi connectivity index (χ0) is 15.0. The Kier molecular flexibility index (Phi) is 3.83. The van der Waals surface area contributed by atoms with Crippen molar-refractivity contribution in [2.75, 3.05) is 5.88 Å². The lowest BCUT2D eigenvalue weighted by atomic mass is 10.2. The maximum atomic E-state index is 14.1. The van der Waals surface area contributed by atoms with E-state index >= 15 is 0 Å². The molecule has 0 aliphatic carbocycles. The molecule has 0 atom stereocenters. The Hall–Kier alpha value is -1.65. The van der Waals surface area contributed by atoms with Crippen molar-refractivity contribution < 1.29 is 8.78 Å². The first-order chi connectivity index (χ1) is 10.1. The Labute approximate surface area is 129 Å². The zero-order valence-electron chi connectivity index (χ0n) is 10.8. The smallest absolute Gasteiger partial charge is 0.150 e. The van der Waals surface area contributed by atoms with Gasteiger partial charge in [-0.05, 0) is 30.3 Å². The molecule has 0 aliphatic heterocycles. The van der Waals surface area contributed by atoms with Gasteiger partial charge in [0, 0.05) is 17.3 Å². The molecule has 0 aliphatic rings. The van der Waals surface area contributed by atoms with Gasteiger partial charge in [0.1, 0.15) is 23.1 Å². The van der Waals surface area contributed by atoms with Crippen LogP contribution in [-0.2, 0) is 6.42 Å². The van der Waals surface area contributed by atoms with Crippen LogP contribution in [0.25, 0.3) is 16.7 Å². The number of aryl methyl sites for hydroxylation is 1. The molecule has 0 unspecified atom stereocenters. The van der Waals surface area contributed by atoms with Gasteiger partial charge >= 0.3 is 0 Å². The highest BCUT2D eigenvalue weighted by Gasteiger charge is 2.18. The van der Waals surface area contributed by atoms with Gasteiger partial charge in [-0.25, -0.2) is 13.8 Å². The summed E-state index contributed by atoms with van der Waals surface area (Å²) in [6.07, 6.45) is 0.391. The monoisotopic (exact) mass is 326 g/mol. The number of aromatic nitrogens is 2. The Morgan fingerprint density at radius 2 is 1.81 bits per heavy atom. The highest BCUT2D eigenvalue weighted by atomic mass is 35.5. The van der Waals surface area contributed by atoms with Gasteiger partial charge < -0.3 is 0 Å². The van der Waals surface area contributed by atoms with Crippen molar-refractivity contribution in [3.8, 4) is 5.69 Å². The van der Waals surface area contributed by atoms with E-state index in [1.165, 1.54) is 22.8 Å². The summed E-state index contributed by atoms with van der Waals surface area (Å²) in [5.41, 5.74) is 1.01. The van der Waals surface area contributed by atoms with Crippen LogP contribution in [0.3, 0.4) is 0 Å². The van der Waals surface area contributed by atoms with Gasteiger partial charge in [-0.3, -0.25) is 4.57 Å². The van der Waals surface area contributed by atoms with E-state index < -0.39 is 11.6 Å². The molecule has 0 amide bonds. The molecule has 0 fully saturated rings. The van der Waals surface area contributed by atoms with Crippen molar-refractivity contribution in [2.45, 2.75) is 6.42 Å². The van der Waals surface area contributed by atoms with Crippen LogP contribution in [0, 0.1) is 11.6 Å². The molecule has 2 nitrogen and oxygen atoms in total. The van der Waals surface area contributed by atoms with E-state index in [4.69, 9.17) is 23.2 Å². The number of benzene rings is 2. The highest BCUT2D eigenvalue weighted by molar-refractivity contribution is 6.31. The zero-order valence-corrected chi connectivity index (χ0v) is 12.3. The SMILES string of the molecule is Fc1cccc(F)c1-n1c(CCCl)nc2cc(Cl)ccc21. The highest BCUT2D eigenvalue weighted by Crippen LogP contribution is 2.27. The number of hydrogen-bond acceptors (Lipinski definition) is 1. The number of hydrogen-bond donors (Lipinski definition) is 0. The third-order valence-electron chi connectivity index (χ3n) is 3.17. The molecule has 2 aromatic carbocycles. The van der Waals surface area contributed by atoms with Crippen LogP contribution in [0.5, 0.6) is 0 Å². The fourth-order valence-electron chi connectivity index (χ4n) is 2.31. The molecule has 0 saturated carbocycles. The van der Waals surface area contributed by atoms with E-state index in [0.29, 0.717) is 34.2 Å². The summed E-state index contributed by atoms with van der Waals surface area (Å²) < 4.78 is 29.6. The van der Waals surface area contributed by atoms with E-state index in [1.54, 1.807) is 18.2 Å². The lowest BCUT2D eigenvalue weighted by molar-refractivity contribution is 0.568. The molecule has 108 valence electrons. The quantitative estimate of drug-likeness (QED) is 0.636. The van der Waals surface area contributed by atoms with Crippen molar-refractivity contribution in [3.05, 3.63) is 58.9 Å². The van der Waals surface area contributed by atoms with Gasteiger partial charge in [-0.1, -0.05) is 17.7 Å². The largest absolute Gasteiger partial charge is 0.291 e. The molecule has 21 heavy (non-hydrogen) atoms. The fraction of sp³-hybridized carbons (Fsp3) is 0.133. The molecule has 0 spiro atoms. The molecule has 0 N–H and O–H groups in total. The Morgan fingerprint density at radius 1 is 1.10 bits per heavy atom. The lowest BCUT2D eigenvalue weighted by Gasteiger charge is -2.10. The molecule has 1 aromatic heterocycles. The summed E-state index contributed by atoms with van der Waals surface area (Å²) >= 11 is 11.7. The van der Waals surface area contributed by atoms with Crippen molar-refractivity contribution in [3.63, 3.8) is 0 Å². The summed E-state index contributed by atoms with van der Waals surface area (Å²) in [6.45, 7) is 0. The van der Waals surface area contributed by atoms with Gasteiger partial charge in [0.15, 0.2) is 0 Å². The molecular formula is C15H10Cl2F2N2. The van der Waals surface area contributed by atoms with Crippen molar-refractivity contribution in [2.24, 2.45) is 0 Å². The fourth-order valence-corrected chi connectivity index (χ4v) is 2.64. The number of alkyl halides is 1. The minimum atomic E-state index is -0.653. The van der Waals surface area contributed by atoms with Gasteiger partial charge in [-0.2, -0.15) is 0 Å². The second kappa shape index (κ2) is 5.62. The molecule has 3 rings (SSSR count). The Morgan fingerprint density at radius 3 is 2.48 bits per heavy atom. The molecule has 0 bridgehead atoms. The third kappa shape index (κ3) is 2.49. The summed E-state index contributed by atoms with van der Waals surface area (Å²) in [4.78, 5) is 4.38. The Balaban J connectivity index is 2.36. The van der Waals surface area contributed by atoms with E-state index in [-0.39, 0.29) is 5.69 Å². The predicted octanol–water partition coefficient (Wildman–Crippen LogP) is 4.74. The van der Waals surface area contributed by atoms with E-state index in [2.05, 4.69) is 4.98 Å². The van der Waals surface area contributed by atoms with Crippen molar-refractivity contribution in [1.29, 1.82) is 0 Å². The summed E-state index contributed by atoms with van der Waals surface area (Å²) in [7, 11) is 0.